The maximum absolute atomic E-state index is 12.6. The van der Waals surface area contributed by atoms with Crippen molar-refractivity contribution < 1.29 is 27.8 Å². The molecule has 146 valence electrons. The molecule has 0 bridgehead atoms. The van der Waals surface area contributed by atoms with E-state index in [1.54, 1.807) is 0 Å². The molecule has 0 aliphatic heterocycles. The summed E-state index contributed by atoms with van der Waals surface area (Å²) in [7, 11) is 0. The Morgan fingerprint density at radius 2 is 1.85 bits per heavy atom. The van der Waals surface area contributed by atoms with Gasteiger partial charge in [0, 0.05) is 12.6 Å². The summed E-state index contributed by atoms with van der Waals surface area (Å²) in [6.07, 6.45) is -1.06. The van der Waals surface area contributed by atoms with Crippen LogP contribution in [-0.4, -0.2) is 28.3 Å². The van der Waals surface area contributed by atoms with Crippen molar-refractivity contribution in [3.8, 4) is 0 Å². The Morgan fingerprint density at radius 1 is 1.23 bits per heavy atom. The van der Waals surface area contributed by atoms with Crippen LogP contribution in [0.25, 0.3) is 0 Å². The summed E-state index contributed by atoms with van der Waals surface area (Å²) < 4.78 is 43.4. The average Bonchev–Trinajstić information content (AvgIpc) is 2.53. The van der Waals surface area contributed by atoms with Crippen molar-refractivity contribution in [3.05, 3.63) is 29.6 Å². The van der Waals surface area contributed by atoms with E-state index in [4.69, 9.17) is 4.74 Å². The van der Waals surface area contributed by atoms with E-state index in [1.807, 2.05) is 0 Å². The first-order chi connectivity index (χ1) is 12.0. The molecule has 0 saturated heterocycles. The molecule has 1 aromatic rings. The van der Waals surface area contributed by atoms with E-state index in [0.717, 1.165) is 37.9 Å². The van der Waals surface area contributed by atoms with E-state index in [1.165, 1.54) is 6.07 Å². The second-order valence-electron chi connectivity index (χ2n) is 8.06. The molecule has 1 aromatic heterocycles. The predicted octanol–water partition coefficient (Wildman–Crippen LogP) is 4.72. The summed E-state index contributed by atoms with van der Waals surface area (Å²) in [5.74, 6) is -0.521. The van der Waals surface area contributed by atoms with Crippen molar-refractivity contribution in [2.75, 3.05) is 0 Å². The minimum absolute atomic E-state index is 0.000327. The van der Waals surface area contributed by atoms with Crippen LogP contribution in [0.4, 0.5) is 13.2 Å². The molecule has 1 aliphatic carbocycles. The van der Waals surface area contributed by atoms with Crippen molar-refractivity contribution in [1.29, 1.82) is 0 Å². The molecule has 0 amide bonds. The highest BCUT2D eigenvalue weighted by Crippen LogP contribution is 2.38. The Hall–Kier alpha value is -1.63. The number of pyridine rings is 1. The van der Waals surface area contributed by atoms with E-state index >= 15 is 0 Å². The van der Waals surface area contributed by atoms with Gasteiger partial charge in [-0.15, -0.1) is 0 Å². The van der Waals surface area contributed by atoms with Gasteiger partial charge in [0.05, 0.1) is 6.10 Å². The van der Waals surface area contributed by atoms with Crippen LogP contribution in [0.1, 0.15) is 57.7 Å². The summed E-state index contributed by atoms with van der Waals surface area (Å²) in [4.78, 5) is 14.9. The molecular formula is C19H26F3NO3. The topological polar surface area (TPSA) is 59.4 Å². The average molecular weight is 373 g/mol. The number of ether oxygens (including phenoxy) is 1. The first-order valence-electron chi connectivity index (χ1n) is 8.87. The van der Waals surface area contributed by atoms with E-state index in [0.29, 0.717) is 11.5 Å². The normalized spacial score (nSPS) is 22.8. The molecule has 7 heteroatoms. The summed E-state index contributed by atoms with van der Waals surface area (Å²) >= 11 is 0. The van der Waals surface area contributed by atoms with E-state index < -0.39 is 23.9 Å². The highest BCUT2D eigenvalue weighted by atomic mass is 19.4. The molecule has 1 fully saturated rings. The van der Waals surface area contributed by atoms with Gasteiger partial charge in [-0.05, 0) is 48.6 Å². The van der Waals surface area contributed by atoms with Gasteiger partial charge in [-0.2, -0.15) is 13.2 Å². The van der Waals surface area contributed by atoms with Crippen LogP contribution in [-0.2, 0) is 22.1 Å². The molecule has 1 N–H and O–H groups in total. The second kappa shape index (κ2) is 7.94. The summed E-state index contributed by atoms with van der Waals surface area (Å²) in [6.45, 7) is 6.61. The lowest BCUT2D eigenvalue weighted by atomic mass is 9.72. The Labute approximate surface area is 151 Å². The highest BCUT2D eigenvalue weighted by molar-refractivity contribution is 5.72. The molecule has 0 radical (unpaired) electrons. The Balaban J connectivity index is 1.95. The largest absolute Gasteiger partial charge is 0.479 e. The lowest BCUT2D eigenvalue weighted by Crippen LogP contribution is -2.35. The fourth-order valence-corrected chi connectivity index (χ4v) is 3.42. The van der Waals surface area contributed by atoms with E-state index in [9.17, 15) is 23.1 Å². The molecule has 26 heavy (non-hydrogen) atoms. The van der Waals surface area contributed by atoms with E-state index in [-0.39, 0.29) is 17.9 Å². The number of nitrogens with zero attached hydrogens (tertiary/aromatic N) is 1. The number of aliphatic carboxylic acids is 1. The van der Waals surface area contributed by atoms with Gasteiger partial charge in [-0.3, -0.25) is 4.98 Å². The van der Waals surface area contributed by atoms with Gasteiger partial charge in [0.2, 0.25) is 0 Å². The predicted molar refractivity (Wildman–Crippen MR) is 90.7 cm³/mol. The molecule has 1 unspecified atom stereocenters. The third kappa shape index (κ3) is 5.69. The quantitative estimate of drug-likeness (QED) is 0.811. The number of hydrogen-bond donors (Lipinski definition) is 1. The molecule has 1 atom stereocenters. The van der Waals surface area contributed by atoms with Gasteiger partial charge in [-0.1, -0.05) is 26.8 Å². The molecule has 4 nitrogen and oxygen atoms in total. The first-order valence-corrected chi connectivity index (χ1v) is 8.87. The van der Waals surface area contributed by atoms with Crippen molar-refractivity contribution in [2.24, 2.45) is 11.3 Å². The van der Waals surface area contributed by atoms with Crippen LogP contribution in [0.3, 0.4) is 0 Å². The van der Waals surface area contributed by atoms with Crippen molar-refractivity contribution in [3.63, 3.8) is 0 Å². The van der Waals surface area contributed by atoms with Gasteiger partial charge in [-0.25, -0.2) is 4.79 Å². The lowest BCUT2D eigenvalue weighted by Gasteiger charge is -2.37. The summed E-state index contributed by atoms with van der Waals surface area (Å²) in [5.41, 5.74) is -0.355. The number of hydrogen-bond acceptors (Lipinski definition) is 3. The van der Waals surface area contributed by atoms with Gasteiger partial charge in [0.15, 0.2) is 6.10 Å². The van der Waals surface area contributed by atoms with Crippen LogP contribution in [0.5, 0.6) is 0 Å². The fourth-order valence-electron chi connectivity index (χ4n) is 3.42. The number of carboxylic acid groups (broad SMARTS) is 1. The molecule has 1 heterocycles. The minimum atomic E-state index is -4.51. The van der Waals surface area contributed by atoms with E-state index in [2.05, 4.69) is 25.8 Å². The zero-order valence-electron chi connectivity index (χ0n) is 15.3. The molecular weight excluding hydrogens is 347 g/mol. The van der Waals surface area contributed by atoms with Crippen LogP contribution >= 0.6 is 0 Å². The summed E-state index contributed by atoms with van der Waals surface area (Å²) in [5, 5.41) is 9.40. The van der Waals surface area contributed by atoms with Crippen molar-refractivity contribution in [1.82, 2.24) is 4.98 Å². The monoisotopic (exact) mass is 373 g/mol. The molecule has 0 aromatic carbocycles. The zero-order valence-corrected chi connectivity index (χ0v) is 15.3. The van der Waals surface area contributed by atoms with Gasteiger partial charge < -0.3 is 9.84 Å². The Kier molecular flexibility index (Phi) is 6.32. The maximum atomic E-state index is 12.6. The van der Waals surface area contributed by atoms with Gasteiger partial charge >= 0.3 is 12.1 Å². The SMILES string of the molecule is CC(C)(C)C1CCC(OC(Cc2ccc(C(F)(F)F)nc2)C(=O)O)CC1. The van der Waals surface area contributed by atoms with Crippen molar-refractivity contribution >= 4 is 5.97 Å². The number of aromatic nitrogens is 1. The fraction of sp³-hybridized carbons (Fsp3) is 0.684. The van der Waals surface area contributed by atoms with Crippen LogP contribution < -0.4 is 0 Å². The molecule has 1 aliphatic rings. The molecule has 1 saturated carbocycles. The summed E-state index contributed by atoms with van der Waals surface area (Å²) in [6, 6.07) is 2.12. The third-order valence-corrected chi connectivity index (χ3v) is 5.07. The minimum Gasteiger partial charge on any atom is -0.479 e. The molecule has 0 spiro atoms. The number of carbonyl (C=O) groups is 1. The standard InChI is InChI=1S/C19H26F3NO3/c1-18(2,3)13-5-7-14(8-6-13)26-15(17(24)25)10-12-4-9-16(23-11-12)19(20,21)22/h4,9,11,13-15H,5-8,10H2,1-3H3,(H,24,25). The van der Waals surface area contributed by atoms with Crippen molar-refractivity contribution in [2.45, 2.75) is 71.3 Å². The zero-order chi connectivity index (χ0) is 19.5. The number of alkyl halides is 3. The smallest absolute Gasteiger partial charge is 0.433 e. The lowest BCUT2D eigenvalue weighted by molar-refractivity contribution is -0.156. The Bertz CT molecular complexity index is 600. The second-order valence-corrected chi connectivity index (χ2v) is 8.06. The van der Waals surface area contributed by atoms with Crippen LogP contribution in [0, 0.1) is 11.3 Å². The number of rotatable bonds is 5. The first kappa shape index (κ1) is 20.7. The van der Waals surface area contributed by atoms with Gasteiger partial charge in [0.1, 0.15) is 5.69 Å². The molecule has 2 rings (SSSR count). The van der Waals surface area contributed by atoms with Gasteiger partial charge in [0.25, 0.3) is 0 Å². The number of carboxylic acids is 1. The highest BCUT2D eigenvalue weighted by Gasteiger charge is 2.34. The number of halogens is 3. The van der Waals surface area contributed by atoms with Crippen LogP contribution in [0.15, 0.2) is 18.3 Å². The van der Waals surface area contributed by atoms with Crippen LogP contribution in [0.2, 0.25) is 0 Å². The Morgan fingerprint density at radius 3 is 2.27 bits per heavy atom. The maximum Gasteiger partial charge on any atom is 0.433 e. The third-order valence-electron chi connectivity index (χ3n) is 5.07.